The maximum absolute atomic E-state index is 12.2. The van der Waals surface area contributed by atoms with E-state index in [0.29, 0.717) is 28.3 Å². The first kappa shape index (κ1) is 16.3. The van der Waals surface area contributed by atoms with Gasteiger partial charge in [0, 0.05) is 17.2 Å². The molecule has 2 rings (SSSR count). The zero-order chi connectivity index (χ0) is 15.5. The van der Waals surface area contributed by atoms with Gasteiger partial charge in [0.2, 0.25) is 0 Å². The van der Waals surface area contributed by atoms with Gasteiger partial charge >= 0.3 is 0 Å². The van der Waals surface area contributed by atoms with Crippen LogP contribution in [0.1, 0.15) is 6.42 Å². The van der Waals surface area contributed by atoms with Gasteiger partial charge in [-0.1, -0.05) is 11.6 Å². The lowest BCUT2D eigenvalue weighted by Gasteiger charge is -2.07. The van der Waals surface area contributed by atoms with Crippen LogP contribution in [0.4, 0.5) is 5.69 Å². The van der Waals surface area contributed by atoms with Crippen LogP contribution in [0.15, 0.2) is 40.0 Å². The highest BCUT2D eigenvalue weighted by Crippen LogP contribution is 2.26. The van der Waals surface area contributed by atoms with Crippen molar-refractivity contribution in [1.29, 1.82) is 0 Å². The third kappa shape index (κ3) is 4.19. The third-order valence-corrected chi connectivity index (χ3v) is 5.23. The minimum Gasteiger partial charge on any atom is -0.330 e. The van der Waals surface area contributed by atoms with Crippen molar-refractivity contribution in [3.05, 3.63) is 40.1 Å². The summed E-state index contributed by atoms with van der Waals surface area (Å²) < 4.78 is 29.1. The fourth-order valence-corrected chi connectivity index (χ4v) is 3.13. The minimum atomic E-state index is -3.68. The van der Waals surface area contributed by atoms with E-state index in [-0.39, 0.29) is 4.90 Å². The molecule has 0 spiro atoms. The van der Waals surface area contributed by atoms with Crippen LogP contribution in [0, 0.1) is 0 Å². The molecule has 6 nitrogen and oxygen atoms in total. The number of halogens is 2. The van der Waals surface area contributed by atoms with Crippen LogP contribution >= 0.6 is 27.5 Å². The van der Waals surface area contributed by atoms with Crippen molar-refractivity contribution in [2.45, 2.75) is 17.9 Å². The van der Waals surface area contributed by atoms with Crippen LogP contribution < -0.4 is 10.5 Å². The van der Waals surface area contributed by atoms with Gasteiger partial charge in [-0.05, 0) is 47.1 Å². The van der Waals surface area contributed by atoms with E-state index < -0.39 is 10.0 Å². The van der Waals surface area contributed by atoms with Crippen LogP contribution in [-0.2, 0) is 16.6 Å². The Bertz CT molecular complexity index is 733. The van der Waals surface area contributed by atoms with Crippen LogP contribution in [0.2, 0.25) is 5.02 Å². The molecule has 9 heteroatoms. The zero-order valence-corrected chi connectivity index (χ0v) is 14.1. The molecule has 0 bridgehead atoms. The first-order valence-corrected chi connectivity index (χ1v) is 8.78. The predicted molar refractivity (Wildman–Crippen MR) is 85.9 cm³/mol. The van der Waals surface area contributed by atoms with Crippen molar-refractivity contribution < 1.29 is 8.42 Å². The highest BCUT2D eigenvalue weighted by molar-refractivity contribution is 9.10. The van der Waals surface area contributed by atoms with Crippen LogP contribution in [0.3, 0.4) is 0 Å². The second-order valence-electron chi connectivity index (χ2n) is 4.32. The molecule has 21 heavy (non-hydrogen) atoms. The summed E-state index contributed by atoms with van der Waals surface area (Å²) in [6.07, 6.45) is 3.52. The average Bonchev–Trinajstić information content (AvgIpc) is 2.90. The number of nitrogens with two attached hydrogens (primary N) is 1. The van der Waals surface area contributed by atoms with E-state index in [2.05, 4.69) is 25.8 Å². The van der Waals surface area contributed by atoms with Crippen molar-refractivity contribution >= 4 is 43.2 Å². The summed E-state index contributed by atoms with van der Waals surface area (Å²) in [6.45, 7) is 1.11. The van der Waals surface area contributed by atoms with Gasteiger partial charge in [-0.15, -0.1) is 0 Å². The van der Waals surface area contributed by atoms with Crippen LogP contribution in [0.25, 0.3) is 0 Å². The number of nitrogens with zero attached hydrogens (tertiary/aromatic N) is 2. The molecule has 0 fully saturated rings. The highest BCUT2D eigenvalue weighted by Gasteiger charge is 2.17. The van der Waals surface area contributed by atoms with Gasteiger partial charge in [0.15, 0.2) is 0 Å². The van der Waals surface area contributed by atoms with Crippen molar-refractivity contribution in [2.75, 3.05) is 11.3 Å². The van der Waals surface area contributed by atoms with Gasteiger partial charge < -0.3 is 5.73 Å². The fraction of sp³-hybridized carbons (Fsp3) is 0.250. The highest BCUT2D eigenvalue weighted by atomic mass is 79.9. The number of aromatic nitrogens is 2. The Morgan fingerprint density at radius 2 is 2.19 bits per heavy atom. The number of benzene rings is 1. The Morgan fingerprint density at radius 3 is 2.86 bits per heavy atom. The van der Waals surface area contributed by atoms with E-state index in [4.69, 9.17) is 17.3 Å². The van der Waals surface area contributed by atoms with Gasteiger partial charge in [-0.3, -0.25) is 9.40 Å². The summed E-state index contributed by atoms with van der Waals surface area (Å²) in [4.78, 5) is 0.102. The van der Waals surface area contributed by atoms with Crippen LogP contribution in [-0.4, -0.2) is 24.7 Å². The monoisotopic (exact) mass is 392 g/mol. The number of nitrogens with one attached hydrogen (secondary N) is 1. The zero-order valence-electron chi connectivity index (χ0n) is 11.0. The van der Waals surface area contributed by atoms with Gasteiger partial charge in [-0.2, -0.15) is 5.10 Å². The van der Waals surface area contributed by atoms with Gasteiger partial charge in [-0.25, -0.2) is 8.42 Å². The molecule has 0 atom stereocenters. The van der Waals surface area contributed by atoms with E-state index in [0.717, 1.165) is 6.42 Å². The lowest BCUT2D eigenvalue weighted by atomic mass is 10.3. The summed E-state index contributed by atoms with van der Waals surface area (Å²) in [5.74, 6) is 0. The molecule has 114 valence electrons. The number of hydrogen-bond acceptors (Lipinski definition) is 4. The summed E-state index contributed by atoms with van der Waals surface area (Å²) in [5, 5.41) is 4.51. The molecule has 1 heterocycles. The number of sulfonamides is 1. The fourth-order valence-electron chi connectivity index (χ4n) is 1.63. The molecule has 0 saturated heterocycles. The Balaban J connectivity index is 2.17. The molecular formula is C12H14BrClN4O2S. The maximum atomic E-state index is 12.2. The molecule has 3 N–H and O–H groups in total. The number of anilines is 1. The van der Waals surface area contributed by atoms with E-state index >= 15 is 0 Å². The van der Waals surface area contributed by atoms with Crippen molar-refractivity contribution in [1.82, 2.24) is 9.78 Å². The molecule has 0 aliphatic carbocycles. The second kappa shape index (κ2) is 6.78. The molecule has 0 aliphatic heterocycles. The van der Waals surface area contributed by atoms with E-state index in [9.17, 15) is 8.42 Å². The molecule has 0 unspecified atom stereocenters. The lowest BCUT2D eigenvalue weighted by Crippen LogP contribution is -2.12. The van der Waals surface area contributed by atoms with Crippen molar-refractivity contribution in [2.24, 2.45) is 5.73 Å². The van der Waals surface area contributed by atoms with E-state index in [1.807, 2.05) is 0 Å². The number of rotatable bonds is 6. The second-order valence-corrected chi connectivity index (χ2v) is 7.26. The summed E-state index contributed by atoms with van der Waals surface area (Å²) >= 11 is 9.12. The molecule has 0 amide bonds. The standard InChI is InChI=1S/C12H14BrClN4O2S/c13-11-6-9(2-3-12(11)14)17-21(19,20)10-7-16-18(8-10)5-1-4-15/h2-3,6-8,17H,1,4-5,15H2. The van der Waals surface area contributed by atoms with Crippen molar-refractivity contribution in [3.8, 4) is 0 Å². The first-order valence-electron chi connectivity index (χ1n) is 6.13. The molecule has 0 saturated carbocycles. The molecular weight excluding hydrogens is 380 g/mol. The summed E-state index contributed by atoms with van der Waals surface area (Å²) in [7, 11) is -3.68. The average molecular weight is 394 g/mol. The summed E-state index contributed by atoms with van der Waals surface area (Å²) in [6, 6.07) is 4.79. The van der Waals surface area contributed by atoms with E-state index in [1.54, 1.807) is 22.9 Å². The number of aryl methyl sites for hydroxylation is 1. The SMILES string of the molecule is NCCCn1cc(S(=O)(=O)Nc2ccc(Cl)c(Br)c2)cn1. The maximum Gasteiger partial charge on any atom is 0.265 e. The Kier molecular flexibility index (Phi) is 5.26. The van der Waals surface area contributed by atoms with Gasteiger partial charge in [0.25, 0.3) is 10.0 Å². The molecule has 2 aromatic rings. The molecule has 1 aromatic heterocycles. The number of hydrogen-bond donors (Lipinski definition) is 2. The predicted octanol–water partition coefficient (Wildman–Crippen LogP) is 2.45. The minimum absolute atomic E-state index is 0.102. The first-order chi connectivity index (χ1) is 9.92. The third-order valence-electron chi connectivity index (χ3n) is 2.68. The summed E-state index contributed by atoms with van der Waals surface area (Å²) in [5.41, 5.74) is 5.83. The largest absolute Gasteiger partial charge is 0.330 e. The quantitative estimate of drug-likeness (QED) is 0.789. The topological polar surface area (TPSA) is 90.0 Å². The normalized spacial score (nSPS) is 11.6. The van der Waals surface area contributed by atoms with Crippen LogP contribution in [0.5, 0.6) is 0 Å². The molecule has 0 radical (unpaired) electrons. The van der Waals surface area contributed by atoms with Gasteiger partial charge in [0.1, 0.15) is 4.90 Å². The van der Waals surface area contributed by atoms with E-state index in [1.165, 1.54) is 12.4 Å². The smallest absolute Gasteiger partial charge is 0.265 e. The Morgan fingerprint density at radius 1 is 1.43 bits per heavy atom. The Labute approximate surface area is 136 Å². The molecule has 1 aromatic carbocycles. The Hall–Kier alpha value is -1.09. The molecule has 0 aliphatic rings. The van der Waals surface area contributed by atoms with Gasteiger partial charge in [0.05, 0.1) is 16.9 Å². The van der Waals surface area contributed by atoms with Crippen molar-refractivity contribution in [3.63, 3.8) is 0 Å². The lowest BCUT2D eigenvalue weighted by molar-refractivity contribution is 0.582.